The topological polar surface area (TPSA) is 108 Å². The van der Waals surface area contributed by atoms with Crippen LogP contribution in [0.25, 0.3) is 33.5 Å². The molecule has 0 saturated carbocycles. The van der Waals surface area contributed by atoms with Crippen molar-refractivity contribution in [1.82, 2.24) is 24.8 Å². The summed E-state index contributed by atoms with van der Waals surface area (Å²) in [6.45, 7) is 2.14. The molecule has 9 heteroatoms. The number of fused-ring (bicyclic) bond motifs is 2. The molecule has 34 heavy (non-hydrogen) atoms. The van der Waals surface area contributed by atoms with Gasteiger partial charge in [0.2, 0.25) is 11.8 Å². The normalized spacial score (nSPS) is 14.1. The first-order valence-corrected chi connectivity index (χ1v) is 11.0. The quantitative estimate of drug-likeness (QED) is 0.448. The van der Waals surface area contributed by atoms with Crippen molar-refractivity contribution >= 4 is 33.9 Å². The smallest absolute Gasteiger partial charge is 0.260 e. The molecule has 1 aliphatic heterocycles. The Morgan fingerprint density at radius 2 is 1.76 bits per heavy atom. The molecule has 5 aromatic rings. The van der Waals surface area contributed by atoms with Gasteiger partial charge in [-0.15, -0.1) is 0 Å². The van der Waals surface area contributed by atoms with E-state index in [1.54, 1.807) is 35.5 Å². The number of nitrogens with one attached hydrogen (secondary N) is 1. The maximum Gasteiger partial charge on any atom is 0.260 e. The minimum Gasteiger partial charge on any atom is -0.436 e. The SMILES string of the molecule is O=C(c1ccc2nc(-c3ccccc3)oc2c1)N1CCN(c2nc3cnccc3c(=O)[nH]2)CC1. The molecule has 1 N–H and O–H groups in total. The summed E-state index contributed by atoms with van der Waals surface area (Å²) < 4.78 is 5.92. The fourth-order valence-electron chi connectivity index (χ4n) is 4.19. The molecular weight excluding hydrogens is 432 g/mol. The molecule has 3 aromatic heterocycles. The largest absolute Gasteiger partial charge is 0.436 e. The molecule has 2 aromatic carbocycles. The number of piperazine rings is 1. The number of carbonyl (C=O) groups is 1. The van der Waals surface area contributed by atoms with Crippen LogP contribution >= 0.6 is 0 Å². The lowest BCUT2D eigenvalue weighted by Crippen LogP contribution is -2.49. The second-order valence-corrected chi connectivity index (χ2v) is 8.13. The van der Waals surface area contributed by atoms with E-state index in [2.05, 4.69) is 19.9 Å². The Hall–Kier alpha value is -4.53. The molecule has 1 saturated heterocycles. The molecule has 0 aliphatic carbocycles. The van der Waals surface area contributed by atoms with Gasteiger partial charge in [-0.3, -0.25) is 19.6 Å². The van der Waals surface area contributed by atoms with E-state index in [4.69, 9.17) is 4.42 Å². The minimum atomic E-state index is -0.198. The molecule has 0 spiro atoms. The summed E-state index contributed by atoms with van der Waals surface area (Å²) in [5.74, 6) is 0.957. The van der Waals surface area contributed by atoms with Crippen LogP contribution in [0, 0.1) is 0 Å². The summed E-state index contributed by atoms with van der Waals surface area (Å²) in [4.78, 5) is 45.3. The molecule has 0 bridgehead atoms. The van der Waals surface area contributed by atoms with Gasteiger partial charge < -0.3 is 14.2 Å². The van der Waals surface area contributed by atoms with E-state index in [0.29, 0.717) is 65.6 Å². The Morgan fingerprint density at radius 3 is 2.59 bits per heavy atom. The highest BCUT2D eigenvalue weighted by molar-refractivity contribution is 5.97. The van der Waals surface area contributed by atoms with Crippen molar-refractivity contribution in [2.24, 2.45) is 0 Å². The molecule has 0 atom stereocenters. The molecule has 4 heterocycles. The Morgan fingerprint density at radius 1 is 0.941 bits per heavy atom. The monoisotopic (exact) mass is 452 g/mol. The van der Waals surface area contributed by atoms with Gasteiger partial charge in [0.05, 0.1) is 17.1 Å². The van der Waals surface area contributed by atoms with Crippen LogP contribution in [0.2, 0.25) is 0 Å². The summed E-state index contributed by atoms with van der Waals surface area (Å²) >= 11 is 0. The van der Waals surface area contributed by atoms with Gasteiger partial charge in [-0.2, -0.15) is 0 Å². The van der Waals surface area contributed by atoms with Crippen molar-refractivity contribution < 1.29 is 9.21 Å². The predicted molar refractivity (Wildman–Crippen MR) is 128 cm³/mol. The number of pyridine rings is 1. The first kappa shape index (κ1) is 20.1. The maximum absolute atomic E-state index is 13.2. The number of hydrogen-bond acceptors (Lipinski definition) is 7. The Balaban J connectivity index is 1.19. The second kappa shape index (κ2) is 8.11. The maximum atomic E-state index is 13.2. The minimum absolute atomic E-state index is 0.0663. The van der Waals surface area contributed by atoms with Crippen LogP contribution in [-0.4, -0.2) is 56.9 Å². The number of H-pyrrole nitrogens is 1. The Bertz CT molecular complexity index is 1570. The second-order valence-electron chi connectivity index (χ2n) is 8.13. The number of aromatic nitrogens is 4. The number of hydrogen-bond donors (Lipinski definition) is 1. The highest BCUT2D eigenvalue weighted by atomic mass is 16.3. The molecule has 9 nitrogen and oxygen atoms in total. The van der Waals surface area contributed by atoms with E-state index in [1.807, 2.05) is 41.3 Å². The van der Waals surface area contributed by atoms with Crippen molar-refractivity contribution in [2.45, 2.75) is 0 Å². The van der Waals surface area contributed by atoms with E-state index in [-0.39, 0.29) is 11.5 Å². The number of nitrogens with zero attached hydrogens (tertiary/aromatic N) is 5. The highest BCUT2D eigenvalue weighted by Crippen LogP contribution is 2.25. The van der Waals surface area contributed by atoms with Crippen LogP contribution in [0.1, 0.15) is 10.4 Å². The summed E-state index contributed by atoms with van der Waals surface area (Å²) in [6, 6.07) is 16.7. The number of aromatic amines is 1. The first-order chi connectivity index (χ1) is 16.7. The van der Waals surface area contributed by atoms with Gasteiger partial charge in [-0.25, -0.2) is 9.97 Å². The first-order valence-electron chi connectivity index (χ1n) is 11.0. The van der Waals surface area contributed by atoms with Crippen LogP contribution in [0.4, 0.5) is 5.95 Å². The third-order valence-electron chi connectivity index (χ3n) is 6.02. The predicted octanol–water partition coefficient (Wildman–Crippen LogP) is 3.09. The Kier molecular flexibility index (Phi) is 4.80. The fraction of sp³-hybridized carbons (Fsp3) is 0.160. The number of carbonyl (C=O) groups excluding carboxylic acids is 1. The lowest BCUT2D eigenvalue weighted by atomic mass is 10.1. The van der Waals surface area contributed by atoms with Gasteiger partial charge >= 0.3 is 0 Å². The third-order valence-corrected chi connectivity index (χ3v) is 6.02. The lowest BCUT2D eigenvalue weighted by molar-refractivity contribution is 0.0746. The van der Waals surface area contributed by atoms with Crippen LogP contribution in [0.5, 0.6) is 0 Å². The van der Waals surface area contributed by atoms with Gasteiger partial charge in [0.1, 0.15) is 5.52 Å². The molecule has 6 rings (SSSR count). The molecule has 0 unspecified atom stereocenters. The van der Waals surface area contributed by atoms with Gasteiger partial charge in [0.15, 0.2) is 5.58 Å². The van der Waals surface area contributed by atoms with Crippen molar-refractivity contribution in [1.29, 1.82) is 0 Å². The van der Waals surface area contributed by atoms with Crippen LogP contribution in [0.3, 0.4) is 0 Å². The molecular formula is C25H20N6O3. The van der Waals surface area contributed by atoms with E-state index in [9.17, 15) is 9.59 Å². The standard InChI is InChI=1S/C25H20N6O3/c32-22-18-8-9-26-15-20(18)28-25(29-22)31-12-10-30(11-13-31)24(33)17-6-7-19-21(14-17)34-23(27-19)16-4-2-1-3-5-16/h1-9,14-15H,10-13H2,(H,28,29,32). The zero-order valence-electron chi connectivity index (χ0n) is 18.1. The van der Waals surface area contributed by atoms with Crippen LogP contribution in [0.15, 0.2) is 76.2 Å². The summed E-state index contributed by atoms with van der Waals surface area (Å²) in [7, 11) is 0. The van der Waals surface area contributed by atoms with Gasteiger partial charge in [0, 0.05) is 43.5 Å². The number of benzene rings is 2. The lowest BCUT2D eigenvalue weighted by Gasteiger charge is -2.35. The van der Waals surface area contributed by atoms with Gasteiger partial charge in [0.25, 0.3) is 11.5 Å². The van der Waals surface area contributed by atoms with E-state index >= 15 is 0 Å². The molecule has 168 valence electrons. The fourth-order valence-corrected chi connectivity index (χ4v) is 4.19. The van der Waals surface area contributed by atoms with Crippen LogP contribution in [-0.2, 0) is 0 Å². The molecule has 1 fully saturated rings. The zero-order valence-corrected chi connectivity index (χ0v) is 18.1. The average molecular weight is 452 g/mol. The van der Waals surface area contributed by atoms with Gasteiger partial charge in [-0.05, 0) is 36.4 Å². The number of amides is 1. The average Bonchev–Trinajstić information content (AvgIpc) is 3.32. The van der Waals surface area contributed by atoms with Crippen molar-refractivity contribution in [2.75, 3.05) is 31.1 Å². The van der Waals surface area contributed by atoms with Crippen molar-refractivity contribution in [3.63, 3.8) is 0 Å². The number of rotatable bonds is 3. The van der Waals surface area contributed by atoms with Crippen LogP contribution < -0.4 is 10.5 Å². The number of oxazole rings is 1. The van der Waals surface area contributed by atoms with E-state index in [1.165, 1.54) is 0 Å². The number of anilines is 1. The molecule has 0 radical (unpaired) electrons. The van der Waals surface area contributed by atoms with Crippen molar-refractivity contribution in [3.8, 4) is 11.5 Å². The summed E-state index contributed by atoms with van der Waals surface area (Å²) in [5.41, 5.74) is 3.08. The summed E-state index contributed by atoms with van der Waals surface area (Å²) in [5, 5.41) is 0.505. The van der Waals surface area contributed by atoms with Crippen molar-refractivity contribution in [3.05, 3.63) is 82.9 Å². The third kappa shape index (κ3) is 3.57. The summed E-state index contributed by atoms with van der Waals surface area (Å²) in [6.07, 6.45) is 3.15. The zero-order chi connectivity index (χ0) is 23.1. The van der Waals surface area contributed by atoms with E-state index < -0.39 is 0 Å². The molecule has 1 amide bonds. The van der Waals surface area contributed by atoms with Gasteiger partial charge in [-0.1, -0.05) is 18.2 Å². The van der Waals surface area contributed by atoms with E-state index in [0.717, 1.165) is 5.56 Å². The molecule has 1 aliphatic rings. The highest BCUT2D eigenvalue weighted by Gasteiger charge is 2.24. The Labute approximate surface area is 193 Å².